The molecule has 1 aliphatic rings. The van der Waals surface area contributed by atoms with Crippen LogP contribution in [0.3, 0.4) is 0 Å². The van der Waals surface area contributed by atoms with Gasteiger partial charge in [-0.25, -0.2) is 0 Å². The SMILES string of the molecule is Cc1onc(-c2ccccc2)c1C(=O)NC(C)c1ccc2c(c1)OCCCO2. The van der Waals surface area contributed by atoms with Crippen molar-refractivity contribution in [3.63, 3.8) is 0 Å². The zero-order valence-corrected chi connectivity index (χ0v) is 15.9. The van der Waals surface area contributed by atoms with Gasteiger partial charge in [0, 0.05) is 12.0 Å². The van der Waals surface area contributed by atoms with Gasteiger partial charge in [0.1, 0.15) is 17.0 Å². The molecule has 0 fully saturated rings. The average molecular weight is 378 g/mol. The highest BCUT2D eigenvalue weighted by Crippen LogP contribution is 2.32. The van der Waals surface area contributed by atoms with E-state index in [0.29, 0.717) is 36.0 Å². The van der Waals surface area contributed by atoms with E-state index in [1.165, 1.54) is 0 Å². The summed E-state index contributed by atoms with van der Waals surface area (Å²) in [7, 11) is 0. The van der Waals surface area contributed by atoms with Gasteiger partial charge in [-0.15, -0.1) is 0 Å². The van der Waals surface area contributed by atoms with Crippen molar-refractivity contribution in [3.8, 4) is 22.8 Å². The number of amides is 1. The summed E-state index contributed by atoms with van der Waals surface area (Å²) in [5.41, 5.74) is 2.77. The quantitative estimate of drug-likeness (QED) is 0.733. The summed E-state index contributed by atoms with van der Waals surface area (Å²) in [5.74, 6) is 1.71. The monoisotopic (exact) mass is 378 g/mol. The van der Waals surface area contributed by atoms with Crippen molar-refractivity contribution in [2.45, 2.75) is 26.3 Å². The molecule has 3 aromatic rings. The Morgan fingerprint density at radius 1 is 1.07 bits per heavy atom. The summed E-state index contributed by atoms with van der Waals surface area (Å²) >= 11 is 0. The first-order valence-electron chi connectivity index (χ1n) is 9.35. The number of ether oxygens (including phenoxy) is 2. The summed E-state index contributed by atoms with van der Waals surface area (Å²) in [4.78, 5) is 13.0. The summed E-state index contributed by atoms with van der Waals surface area (Å²) in [6, 6.07) is 15.1. The van der Waals surface area contributed by atoms with Crippen LogP contribution in [0.4, 0.5) is 0 Å². The summed E-state index contributed by atoms with van der Waals surface area (Å²) < 4.78 is 16.7. The number of hydrogen-bond donors (Lipinski definition) is 1. The van der Waals surface area contributed by atoms with Gasteiger partial charge in [0.05, 0.1) is 19.3 Å². The summed E-state index contributed by atoms with van der Waals surface area (Å²) in [6.45, 7) is 4.94. The van der Waals surface area contributed by atoms with E-state index in [-0.39, 0.29) is 11.9 Å². The van der Waals surface area contributed by atoms with Crippen LogP contribution in [-0.2, 0) is 0 Å². The normalized spacial score (nSPS) is 14.2. The predicted molar refractivity (Wildman–Crippen MR) is 105 cm³/mol. The van der Waals surface area contributed by atoms with Crippen molar-refractivity contribution >= 4 is 5.91 Å². The van der Waals surface area contributed by atoms with Crippen molar-refractivity contribution in [2.75, 3.05) is 13.2 Å². The molecule has 0 saturated carbocycles. The number of hydrogen-bond acceptors (Lipinski definition) is 5. The van der Waals surface area contributed by atoms with Crippen LogP contribution < -0.4 is 14.8 Å². The van der Waals surface area contributed by atoms with E-state index in [1.54, 1.807) is 6.92 Å². The zero-order valence-electron chi connectivity index (χ0n) is 15.9. The molecule has 1 unspecified atom stereocenters. The second-order valence-corrected chi connectivity index (χ2v) is 6.78. The number of carbonyl (C=O) groups excluding carboxylic acids is 1. The molecule has 0 aliphatic carbocycles. The number of aromatic nitrogens is 1. The molecular weight excluding hydrogens is 356 g/mol. The molecular formula is C22H22N2O4. The first-order chi connectivity index (χ1) is 13.6. The Kier molecular flexibility index (Phi) is 5.02. The van der Waals surface area contributed by atoms with E-state index in [9.17, 15) is 4.79 Å². The number of aryl methyl sites for hydroxylation is 1. The molecule has 1 N–H and O–H groups in total. The number of rotatable bonds is 4. The van der Waals surface area contributed by atoms with Gasteiger partial charge in [0.15, 0.2) is 11.5 Å². The van der Waals surface area contributed by atoms with Crippen LogP contribution >= 0.6 is 0 Å². The van der Waals surface area contributed by atoms with Gasteiger partial charge in [0.25, 0.3) is 5.91 Å². The Hall–Kier alpha value is -3.28. The van der Waals surface area contributed by atoms with E-state index in [4.69, 9.17) is 14.0 Å². The summed E-state index contributed by atoms with van der Waals surface area (Å²) in [6.07, 6.45) is 0.853. The lowest BCUT2D eigenvalue weighted by molar-refractivity contribution is 0.0939. The lowest BCUT2D eigenvalue weighted by Crippen LogP contribution is -2.27. The van der Waals surface area contributed by atoms with Gasteiger partial charge in [-0.1, -0.05) is 41.6 Å². The second kappa shape index (κ2) is 7.76. The third-order valence-electron chi connectivity index (χ3n) is 4.76. The molecule has 1 aliphatic heterocycles. The highest BCUT2D eigenvalue weighted by molar-refractivity contribution is 6.00. The van der Waals surface area contributed by atoms with Gasteiger partial charge in [0.2, 0.25) is 0 Å². The molecule has 6 heteroatoms. The van der Waals surface area contributed by atoms with Crippen molar-refractivity contribution in [1.82, 2.24) is 10.5 Å². The number of nitrogens with zero attached hydrogens (tertiary/aromatic N) is 1. The Morgan fingerprint density at radius 2 is 1.82 bits per heavy atom. The van der Waals surface area contributed by atoms with Crippen LogP contribution in [0.1, 0.15) is 41.1 Å². The largest absolute Gasteiger partial charge is 0.490 e. The molecule has 0 spiro atoms. The van der Waals surface area contributed by atoms with Gasteiger partial charge in [-0.05, 0) is 31.5 Å². The molecule has 2 heterocycles. The first-order valence-corrected chi connectivity index (χ1v) is 9.35. The smallest absolute Gasteiger partial charge is 0.257 e. The third kappa shape index (κ3) is 3.58. The van der Waals surface area contributed by atoms with Crippen molar-refractivity contribution in [2.24, 2.45) is 0 Å². The molecule has 2 aromatic carbocycles. The minimum Gasteiger partial charge on any atom is -0.490 e. The molecule has 1 aromatic heterocycles. The molecule has 0 saturated heterocycles. The number of carbonyl (C=O) groups is 1. The fourth-order valence-electron chi connectivity index (χ4n) is 3.23. The molecule has 4 rings (SSSR count). The lowest BCUT2D eigenvalue weighted by Gasteiger charge is -2.16. The molecule has 144 valence electrons. The zero-order chi connectivity index (χ0) is 19.5. The predicted octanol–water partition coefficient (Wildman–Crippen LogP) is 4.30. The standard InChI is InChI=1S/C22H22N2O4/c1-14(17-9-10-18-19(13-17)27-12-6-11-26-18)23-22(25)20-15(2)28-24-21(20)16-7-4-3-5-8-16/h3-5,7-10,13-14H,6,11-12H2,1-2H3,(H,23,25). The average Bonchev–Trinajstić information content (AvgIpc) is 2.95. The minimum atomic E-state index is -0.225. The summed E-state index contributed by atoms with van der Waals surface area (Å²) in [5, 5.41) is 7.12. The van der Waals surface area contributed by atoms with E-state index in [2.05, 4.69) is 10.5 Å². The molecule has 28 heavy (non-hydrogen) atoms. The molecule has 1 atom stereocenters. The highest BCUT2D eigenvalue weighted by atomic mass is 16.5. The Labute approximate surface area is 163 Å². The van der Waals surface area contributed by atoms with Gasteiger partial charge < -0.3 is 19.3 Å². The van der Waals surface area contributed by atoms with Crippen LogP contribution in [0.15, 0.2) is 53.1 Å². The number of nitrogens with one attached hydrogen (secondary N) is 1. The second-order valence-electron chi connectivity index (χ2n) is 6.78. The van der Waals surface area contributed by atoms with E-state index in [0.717, 1.165) is 23.3 Å². The molecule has 0 bridgehead atoms. The number of fused-ring (bicyclic) bond motifs is 1. The Bertz CT molecular complexity index is 981. The maximum atomic E-state index is 13.0. The first kappa shape index (κ1) is 18.1. The van der Waals surface area contributed by atoms with Gasteiger partial charge in [-0.2, -0.15) is 0 Å². The van der Waals surface area contributed by atoms with Crippen LogP contribution in [0, 0.1) is 6.92 Å². The Balaban J connectivity index is 1.56. The van der Waals surface area contributed by atoms with Crippen molar-refractivity contribution < 1.29 is 18.8 Å². The molecule has 1 amide bonds. The minimum absolute atomic E-state index is 0.220. The fourth-order valence-corrected chi connectivity index (χ4v) is 3.23. The maximum Gasteiger partial charge on any atom is 0.257 e. The highest BCUT2D eigenvalue weighted by Gasteiger charge is 2.23. The van der Waals surface area contributed by atoms with Crippen LogP contribution in [-0.4, -0.2) is 24.3 Å². The lowest BCUT2D eigenvalue weighted by atomic mass is 10.0. The third-order valence-corrected chi connectivity index (χ3v) is 4.76. The van der Waals surface area contributed by atoms with Crippen LogP contribution in [0.25, 0.3) is 11.3 Å². The Morgan fingerprint density at radius 3 is 2.61 bits per heavy atom. The van der Waals surface area contributed by atoms with E-state index >= 15 is 0 Å². The van der Waals surface area contributed by atoms with Gasteiger partial charge >= 0.3 is 0 Å². The number of benzene rings is 2. The topological polar surface area (TPSA) is 73.6 Å². The molecule has 0 radical (unpaired) electrons. The van der Waals surface area contributed by atoms with E-state index < -0.39 is 0 Å². The van der Waals surface area contributed by atoms with Gasteiger partial charge in [-0.3, -0.25) is 4.79 Å². The van der Waals surface area contributed by atoms with E-state index in [1.807, 2.05) is 55.5 Å². The van der Waals surface area contributed by atoms with Crippen LogP contribution in [0.2, 0.25) is 0 Å². The fraction of sp³-hybridized carbons (Fsp3) is 0.273. The van der Waals surface area contributed by atoms with Crippen LogP contribution in [0.5, 0.6) is 11.5 Å². The molecule has 6 nitrogen and oxygen atoms in total. The maximum absolute atomic E-state index is 13.0. The van der Waals surface area contributed by atoms with Crippen molar-refractivity contribution in [3.05, 3.63) is 65.4 Å². The van der Waals surface area contributed by atoms with Crippen molar-refractivity contribution in [1.29, 1.82) is 0 Å².